The highest BCUT2D eigenvalue weighted by molar-refractivity contribution is 5.90. The summed E-state index contributed by atoms with van der Waals surface area (Å²) in [4.78, 5) is 31.1. The van der Waals surface area contributed by atoms with Crippen LogP contribution < -0.4 is 5.32 Å². The van der Waals surface area contributed by atoms with E-state index in [-0.39, 0.29) is 30.9 Å². The van der Waals surface area contributed by atoms with E-state index >= 15 is 0 Å². The predicted octanol–water partition coefficient (Wildman–Crippen LogP) is 2.03. The van der Waals surface area contributed by atoms with Crippen LogP contribution in [0.5, 0.6) is 0 Å². The molecule has 4 atom stereocenters. The van der Waals surface area contributed by atoms with Crippen LogP contribution in [0, 0.1) is 12.3 Å². The summed E-state index contributed by atoms with van der Waals surface area (Å²) in [5.41, 5.74) is 3.01. The van der Waals surface area contributed by atoms with Crippen molar-refractivity contribution in [1.29, 1.82) is 0 Å². The maximum absolute atomic E-state index is 13.9. The summed E-state index contributed by atoms with van der Waals surface area (Å²) in [6.45, 7) is 11.6. The smallest absolute Gasteiger partial charge is 0.248 e. The van der Waals surface area contributed by atoms with Gasteiger partial charge in [-0.25, -0.2) is 4.68 Å². The van der Waals surface area contributed by atoms with Crippen molar-refractivity contribution < 1.29 is 19.4 Å². The molecule has 2 saturated heterocycles. The van der Waals surface area contributed by atoms with Gasteiger partial charge in [0.05, 0.1) is 24.5 Å². The second kappa shape index (κ2) is 11.3. The number of rotatable bonds is 8. The molecule has 3 heterocycles. The first kappa shape index (κ1) is 27.7. The number of hydrogen-bond donors (Lipinski definition) is 2. The van der Waals surface area contributed by atoms with Crippen LogP contribution in [0.25, 0.3) is 0 Å². The molecule has 0 radical (unpaired) electrons. The van der Waals surface area contributed by atoms with E-state index in [9.17, 15) is 14.7 Å². The first-order valence-electron chi connectivity index (χ1n) is 14.2. The minimum Gasteiger partial charge on any atom is -0.391 e. The van der Waals surface area contributed by atoms with Gasteiger partial charge in [0.25, 0.3) is 0 Å². The lowest BCUT2D eigenvalue weighted by Gasteiger charge is -2.35. The van der Waals surface area contributed by atoms with Gasteiger partial charge in [-0.1, -0.05) is 50.3 Å². The lowest BCUT2D eigenvalue weighted by atomic mass is 9.85. The summed E-state index contributed by atoms with van der Waals surface area (Å²) < 4.78 is 7.59. The fourth-order valence-corrected chi connectivity index (χ4v) is 5.73. The van der Waals surface area contributed by atoms with Crippen molar-refractivity contribution in [2.24, 2.45) is 5.41 Å². The fraction of sp³-hybridized carbons (Fsp3) is 0.655. The van der Waals surface area contributed by atoms with E-state index in [4.69, 9.17) is 4.74 Å². The summed E-state index contributed by atoms with van der Waals surface area (Å²) in [6, 6.07) is 7.00. The number of carbonyl (C=O) groups is 2. The van der Waals surface area contributed by atoms with Crippen molar-refractivity contribution in [1.82, 2.24) is 30.1 Å². The van der Waals surface area contributed by atoms with Crippen LogP contribution in [0.4, 0.5) is 0 Å². The molecule has 10 heteroatoms. The molecule has 10 nitrogen and oxygen atoms in total. The average Bonchev–Trinajstić information content (AvgIpc) is 3.50. The molecule has 212 valence electrons. The van der Waals surface area contributed by atoms with Gasteiger partial charge in [-0.3, -0.25) is 14.5 Å². The first-order chi connectivity index (χ1) is 18.6. The molecule has 2 aliphatic heterocycles. The quantitative estimate of drug-likeness (QED) is 0.529. The zero-order valence-corrected chi connectivity index (χ0v) is 23.5. The van der Waals surface area contributed by atoms with Gasteiger partial charge in [-0.05, 0) is 36.3 Å². The number of morpholine rings is 1. The van der Waals surface area contributed by atoms with Crippen LogP contribution in [0.1, 0.15) is 68.8 Å². The fourth-order valence-electron chi connectivity index (χ4n) is 5.73. The van der Waals surface area contributed by atoms with Gasteiger partial charge < -0.3 is 20.1 Å². The third-order valence-corrected chi connectivity index (χ3v) is 8.09. The Balaban J connectivity index is 1.21. The summed E-state index contributed by atoms with van der Waals surface area (Å²) in [5, 5.41) is 22.1. The second-order valence-electron chi connectivity index (χ2n) is 12.5. The molecular formula is C29H42N6O4. The molecule has 0 bridgehead atoms. The van der Waals surface area contributed by atoms with Gasteiger partial charge in [0.15, 0.2) is 0 Å². The standard InChI is InChI=1S/C29H42N6O4/c1-19-7-5-6-8-21(19)15-33-11-12-39-23(17-33)14-30-27(37)25-13-22(36)16-34(25)28(38)26(29(2,3)4)35-18-24(31-32-35)20-9-10-20/h5-8,18,20,22-23,25-26,36H,9-17H2,1-4H3,(H,30,37)/t22?,23?,25?,26-/m1/s1. The van der Waals surface area contributed by atoms with Gasteiger partial charge >= 0.3 is 0 Å². The molecular weight excluding hydrogens is 496 g/mol. The zero-order chi connectivity index (χ0) is 27.7. The summed E-state index contributed by atoms with van der Waals surface area (Å²) >= 11 is 0. The summed E-state index contributed by atoms with van der Waals surface area (Å²) in [5.74, 6) is -0.0505. The van der Waals surface area contributed by atoms with Gasteiger partial charge in [0.2, 0.25) is 11.8 Å². The number of aliphatic hydroxyl groups is 1. The lowest BCUT2D eigenvalue weighted by molar-refractivity contribution is -0.144. The lowest BCUT2D eigenvalue weighted by Crippen LogP contribution is -2.53. The third kappa shape index (κ3) is 6.50. The first-order valence-corrected chi connectivity index (χ1v) is 14.2. The number of hydrogen-bond acceptors (Lipinski definition) is 7. The van der Waals surface area contributed by atoms with Crippen LogP contribution in [0.2, 0.25) is 0 Å². The maximum Gasteiger partial charge on any atom is 0.248 e. The topological polar surface area (TPSA) is 113 Å². The molecule has 1 aliphatic carbocycles. The van der Waals surface area contributed by atoms with Crippen molar-refractivity contribution in [3.8, 4) is 0 Å². The van der Waals surface area contributed by atoms with Crippen LogP contribution in [0.3, 0.4) is 0 Å². The Bertz CT molecular complexity index is 1170. The van der Waals surface area contributed by atoms with Crippen molar-refractivity contribution in [3.63, 3.8) is 0 Å². The van der Waals surface area contributed by atoms with Crippen molar-refractivity contribution in [3.05, 3.63) is 47.3 Å². The number of β-amino-alcohol motifs (C(OH)–C–C–N with tert-alkyl or cyclic N) is 1. The normalized spacial score (nSPS) is 25.1. The molecule has 3 unspecified atom stereocenters. The van der Waals surface area contributed by atoms with Gasteiger partial charge in [0.1, 0.15) is 12.1 Å². The van der Waals surface area contributed by atoms with Crippen molar-refractivity contribution in [2.75, 3.05) is 32.8 Å². The Hall–Kier alpha value is -2.82. The van der Waals surface area contributed by atoms with E-state index < -0.39 is 23.6 Å². The van der Waals surface area contributed by atoms with Crippen LogP contribution in [-0.2, 0) is 20.9 Å². The zero-order valence-electron chi connectivity index (χ0n) is 23.5. The highest BCUT2D eigenvalue weighted by atomic mass is 16.5. The van der Waals surface area contributed by atoms with E-state index in [1.165, 1.54) is 16.0 Å². The number of nitrogens with one attached hydrogen (secondary N) is 1. The van der Waals surface area contributed by atoms with Gasteiger partial charge in [-0.15, -0.1) is 5.10 Å². The molecule has 0 spiro atoms. The number of aliphatic hydroxyl groups excluding tert-OH is 1. The SMILES string of the molecule is Cc1ccccc1CN1CCOC(CNC(=O)C2CC(O)CN2C(=O)[C@@H](n2cc(C3CC3)nn2)C(C)(C)C)C1. The second-order valence-corrected chi connectivity index (χ2v) is 12.5. The molecule has 5 rings (SSSR count). The largest absolute Gasteiger partial charge is 0.391 e. The number of amides is 2. The molecule has 1 aromatic carbocycles. The molecule has 3 fully saturated rings. The Morgan fingerprint density at radius 3 is 2.69 bits per heavy atom. The molecule has 1 aromatic heterocycles. The number of benzene rings is 1. The van der Waals surface area contributed by atoms with E-state index in [2.05, 4.69) is 45.7 Å². The Kier molecular flexibility index (Phi) is 8.07. The third-order valence-electron chi connectivity index (χ3n) is 8.09. The number of carbonyl (C=O) groups excluding carboxylic acids is 2. The van der Waals surface area contributed by atoms with E-state index in [1.807, 2.05) is 33.0 Å². The van der Waals surface area contributed by atoms with Crippen LogP contribution >= 0.6 is 0 Å². The number of ether oxygens (including phenoxy) is 1. The molecule has 3 aliphatic rings. The number of aromatic nitrogens is 3. The van der Waals surface area contributed by atoms with Gasteiger partial charge in [-0.2, -0.15) is 0 Å². The molecule has 2 N–H and O–H groups in total. The van der Waals surface area contributed by atoms with Crippen LogP contribution in [0.15, 0.2) is 30.5 Å². The highest BCUT2D eigenvalue weighted by Crippen LogP contribution is 2.40. The number of likely N-dealkylation sites (tertiary alicyclic amines) is 1. The Labute approximate surface area is 230 Å². The molecule has 39 heavy (non-hydrogen) atoms. The van der Waals surface area contributed by atoms with Gasteiger partial charge in [0, 0.05) is 51.3 Å². The molecule has 2 aromatic rings. The monoisotopic (exact) mass is 538 g/mol. The highest BCUT2D eigenvalue weighted by Gasteiger charge is 2.45. The minimum absolute atomic E-state index is 0.123. The summed E-state index contributed by atoms with van der Waals surface area (Å²) in [7, 11) is 0. The molecule has 2 amide bonds. The van der Waals surface area contributed by atoms with Crippen molar-refractivity contribution >= 4 is 11.8 Å². The Morgan fingerprint density at radius 1 is 1.21 bits per heavy atom. The molecule has 1 saturated carbocycles. The number of nitrogens with zero attached hydrogens (tertiary/aromatic N) is 5. The van der Waals surface area contributed by atoms with E-state index in [1.54, 1.807) is 4.68 Å². The summed E-state index contributed by atoms with van der Waals surface area (Å²) in [6.07, 6.45) is 3.39. The average molecular weight is 539 g/mol. The number of aryl methyl sites for hydroxylation is 1. The maximum atomic E-state index is 13.9. The Morgan fingerprint density at radius 2 is 1.97 bits per heavy atom. The van der Waals surface area contributed by atoms with Crippen molar-refractivity contribution in [2.45, 2.75) is 83.7 Å². The van der Waals surface area contributed by atoms with E-state index in [0.29, 0.717) is 25.6 Å². The van der Waals surface area contributed by atoms with E-state index in [0.717, 1.165) is 31.6 Å². The minimum atomic E-state index is -0.751. The van der Waals surface area contributed by atoms with Crippen LogP contribution in [-0.4, -0.2) is 92.8 Å². The predicted molar refractivity (Wildman–Crippen MR) is 146 cm³/mol.